The molecule has 6 heteroatoms. The van der Waals surface area contributed by atoms with Gasteiger partial charge < -0.3 is 10.6 Å². The number of carbonyl (C=O) groups excluding carboxylic acids is 3. The van der Waals surface area contributed by atoms with E-state index in [9.17, 15) is 14.4 Å². The average molecular weight is 405 g/mol. The first kappa shape index (κ1) is 20.1. The van der Waals surface area contributed by atoms with Crippen molar-refractivity contribution >= 4 is 28.6 Å². The Balaban J connectivity index is 1.44. The third-order valence-corrected chi connectivity index (χ3v) is 6.06. The normalized spacial score (nSPS) is 21.5. The number of nitrogens with zero attached hydrogens (tertiary/aromatic N) is 1. The van der Waals surface area contributed by atoms with Crippen molar-refractivity contribution in [3.63, 3.8) is 0 Å². The van der Waals surface area contributed by atoms with Crippen LogP contribution in [0.15, 0.2) is 54.1 Å². The lowest BCUT2D eigenvalue weighted by Crippen LogP contribution is -2.43. The van der Waals surface area contributed by atoms with Gasteiger partial charge in [0.1, 0.15) is 12.1 Å². The minimum absolute atomic E-state index is 0.274. The molecule has 0 spiro atoms. The van der Waals surface area contributed by atoms with E-state index in [0.717, 1.165) is 40.5 Å². The zero-order chi connectivity index (χ0) is 21.1. The van der Waals surface area contributed by atoms with Gasteiger partial charge in [-0.3, -0.25) is 14.5 Å². The summed E-state index contributed by atoms with van der Waals surface area (Å²) in [5, 5.41) is 7.54. The van der Waals surface area contributed by atoms with Crippen LogP contribution in [0.3, 0.4) is 0 Å². The summed E-state index contributed by atoms with van der Waals surface area (Å²) in [5.74, 6) is -0.730. The Bertz CT molecular complexity index is 1020. The Morgan fingerprint density at radius 2 is 1.93 bits per heavy atom. The number of amides is 4. The highest BCUT2D eigenvalue weighted by Gasteiger charge is 2.50. The first-order valence-corrected chi connectivity index (χ1v) is 10.6. The van der Waals surface area contributed by atoms with Crippen LogP contribution < -0.4 is 10.6 Å². The maximum atomic E-state index is 13.2. The predicted octanol–water partition coefficient (Wildman–Crippen LogP) is 3.61. The minimum atomic E-state index is -1.20. The van der Waals surface area contributed by atoms with Gasteiger partial charge >= 0.3 is 6.03 Å². The van der Waals surface area contributed by atoms with E-state index in [1.165, 1.54) is 18.4 Å². The maximum Gasteiger partial charge on any atom is 0.325 e. The van der Waals surface area contributed by atoms with Crippen LogP contribution in [0.4, 0.5) is 4.79 Å². The molecule has 0 bridgehead atoms. The molecular weight excluding hydrogens is 378 g/mol. The number of carbonyl (C=O) groups is 3. The van der Waals surface area contributed by atoms with Crippen molar-refractivity contribution in [1.82, 2.24) is 15.5 Å². The SMILES string of the molecule is CC1(c2cccc3ccccc23)NC(=O)N(CC(=O)NCCC2=CCCCC2)C1=O. The van der Waals surface area contributed by atoms with E-state index < -0.39 is 17.5 Å². The molecule has 1 aliphatic heterocycles. The molecule has 1 unspecified atom stereocenters. The Morgan fingerprint density at radius 1 is 1.13 bits per heavy atom. The second kappa shape index (κ2) is 8.30. The second-order valence-corrected chi connectivity index (χ2v) is 8.18. The van der Waals surface area contributed by atoms with Crippen molar-refractivity contribution in [3.05, 3.63) is 59.7 Å². The predicted molar refractivity (Wildman–Crippen MR) is 116 cm³/mol. The largest absolute Gasteiger partial charge is 0.354 e. The van der Waals surface area contributed by atoms with Crippen LogP contribution in [-0.2, 0) is 15.1 Å². The standard InChI is InChI=1S/C24H27N3O3/c1-24(20-13-7-11-18-10-5-6-12-19(18)20)22(29)27(23(30)26-24)16-21(28)25-15-14-17-8-3-2-4-9-17/h5-8,10-13H,2-4,9,14-16H2,1H3,(H,25,28)(H,26,30). The van der Waals surface area contributed by atoms with Crippen LogP contribution in [0, 0.1) is 0 Å². The van der Waals surface area contributed by atoms with Gasteiger partial charge in [0.2, 0.25) is 5.91 Å². The van der Waals surface area contributed by atoms with Crippen LogP contribution >= 0.6 is 0 Å². The highest BCUT2D eigenvalue weighted by molar-refractivity contribution is 6.10. The van der Waals surface area contributed by atoms with E-state index in [0.29, 0.717) is 6.54 Å². The van der Waals surface area contributed by atoms with Crippen LogP contribution in [-0.4, -0.2) is 35.8 Å². The molecule has 1 heterocycles. The maximum absolute atomic E-state index is 13.2. The molecule has 4 amide bonds. The topological polar surface area (TPSA) is 78.5 Å². The number of rotatable bonds is 6. The Labute approximate surface area is 176 Å². The molecule has 0 aromatic heterocycles. The smallest absolute Gasteiger partial charge is 0.325 e. The van der Waals surface area contributed by atoms with Crippen molar-refractivity contribution in [2.45, 2.75) is 44.6 Å². The summed E-state index contributed by atoms with van der Waals surface area (Å²) >= 11 is 0. The fourth-order valence-corrected chi connectivity index (χ4v) is 4.38. The van der Waals surface area contributed by atoms with Crippen molar-refractivity contribution in [3.8, 4) is 0 Å². The molecule has 0 saturated carbocycles. The lowest BCUT2D eigenvalue weighted by atomic mass is 9.88. The Morgan fingerprint density at radius 3 is 2.73 bits per heavy atom. The van der Waals surface area contributed by atoms with Crippen molar-refractivity contribution < 1.29 is 14.4 Å². The number of hydrogen-bond acceptors (Lipinski definition) is 3. The number of hydrogen-bond donors (Lipinski definition) is 2. The molecule has 2 aromatic carbocycles. The fourth-order valence-electron chi connectivity index (χ4n) is 4.38. The highest BCUT2D eigenvalue weighted by atomic mass is 16.2. The first-order valence-electron chi connectivity index (χ1n) is 10.6. The zero-order valence-electron chi connectivity index (χ0n) is 17.2. The molecule has 6 nitrogen and oxygen atoms in total. The van der Waals surface area contributed by atoms with Gasteiger partial charge in [-0.05, 0) is 55.4 Å². The number of benzene rings is 2. The van der Waals surface area contributed by atoms with E-state index in [-0.39, 0.29) is 12.5 Å². The monoisotopic (exact) mass is 405 g/mol. The molecule has 1 fully saturated rings. The summed E-state index contributed by atoms with van der Waals surface area (Å²) in [6.07, 6.45) is 7.71. The van der Waals surface area contributed by atoms with Gasteiger partial charge in [-0.1, -0.05) is 54.1 Å². The summed E-state index contributed by atoms with van der Waals surface area (Å²) in [6.45, 7) is 1.95. The third-order valence-electron chi connectivity index (χ3n) is 6.06. The Kier molecular flexibility index (Phi) is 5.57. The number of nitrogens with one attached hydrogen (secondary N) is 2. The lowest BCUT2D eigenvalue weighted by molar-refractivity contribution is -0.134. The molecule has 1 saturated heterocycles. The van der Waals surface area contributed by atoms with Gasteiger partial charge in [-0.2, -0.15) is 0 Å². The van der Waals surface area contributed by atoms with Gasteiger partial charge in [-0.25, -0.2) is 4.79 Å². The molecule has 4 rings (SSSR count). The second-order valence-electron chi connectivity index (χ2n) is 8.18. The lowest BCUT2D eigenvalue weighted by Gasteiger charge is -2.24. The van der Waals surface area contributed by atoms with Crippen LogP contribution in [0.1, 0.15) is 44.6 Å². The fraction of sp³-hybridized carbons (Fsp3) is 0.375. The minimum Gasteiger partial charge on any atom is -0.354 e. The molecule has 2 aliphatic rings. The van der Waals surface area contributed by atoms with Gasteiger partial charge in [0.15, 0.2) is 0 Å². The number of fused-ring (bicyclic) bond motifs is 1. The zero-order valence-corrected chi connectivity index (χ0v) is 17.2. The van der Waals surface area contributed by atoms with Gasteiger partial charge in [-0.15, -0.1) is 0 Å². The van der Waals surface area contributed by atoms with Crippen LogP contribution in [0.25, 0.3) is 10.8 Å². The molecule has 2 aromatic rings. The molecule has 1 aliphatic carbocycles. The first-order chi connectivity index (χ1) is 14.5. The number of imide groups is 1. The number of urea groups is 1. The van der Waals surface area contributed by atoms with Crippen molar-refractivity contribution in [2.75, 3.05) is 13.1 Å². The average Bonchev–Trinajstić information content (AvgIpc) is 2.98. The summed E-state index contributed by atoms with van der Waals surface area (Å²) in [5.41, 5.74) is 0.900. The highest BCUT2D eigenvalue weighted by Crippen LogP contribution is 2.33. The van der Waals surface area contributed by atoms with Crippen molar-refractivity contribution in [2.24, 2.45) is 0 Å². The van der Waals surface area contributed by atoms with Crippen molar-refractivity contribution in [1.29, 1.82) is 0 Å². The molecule has 1 atom stereocenters. The third kappa shape index (κ3) is 3.82. The summed E-state index contributed by atoms with van der Waals surface area (Å²) in [7, 11) is 0. The van der Waals surface area contributed by atoms with E-state index in [1.807, 2.05) is 42.5 Å². The molecule has 2 N–H and O–H groups in total. The van der Waals surface area contributed by atoms with E-state index in [2.05, 4.69) is 16.7 Å². The van der Waals surface area contributed by atoms with Gasteiger partial charge in [0.05, 0.1) is 0 Å². The Hall–Kier alpha value is -3.15. The number of allylic oxidation sites excluding steroid dienone is 1. The van der Waals surface area contributed by atoms with E-state index >= 15 is 0 Å². The van der Waals surface area contributed by atoms with Crippen LogP contribution in [0.2, 0.25) is 0 Å². The molecule has 30 heavy (non-hydrogen) atoms. The molecular formula is C24H27N3O3. The summed E-state index contributed by atoms with van der Waals surface area (Å²) < 4.78 is 0. The summed E-state index contributed by atoms with van der Waals surface area (Å²) in [6, 6.07) is 12.9. The quantitative estimate of drug-likeness (QED) is 0.569. The summed E-state index contributed by atoms with van der Waals surface area (Å²) in [4.78, 5) is 39.2. The molecule has 156 valence electrons. The van der Waals surface area contributed by atoms with E-state index in [4.69, 9.17) is 0 Å². The van der Waals surface area contributed by atoms with Gasteiger partial charge in [0, 0.05) is 6.54 Å². The van der Waals surface area contributed by atoms with E-state index in [1.54, 1.807) is 6.92 Å². The molecule has 0 radical (unpaired) electrons. The van der Waals surface area contributed by atoms with Crippen LogP contribution in [0.5, 0.6) is 0 Å². The van der Waals surface area contributed by atoms with Gasteiger partial charge in [0.25, 0.3) is 5.91 Å².